The van der Waals surface area contributed by atoms with Crippen LogP contribution in [0.3, 0.4) is 0 Å². The molecule has 0 aromatic carbocycles. The number of nitrogens with zero attached hydrogens (tertiary/aromatic N) is 1. The summed E-state index contributed by atoms with van der Waals surface area (Å²) in [6.07, 6.45) is 9.72. The first-order valence-electron chi connectivity index (χ1n) is 8.68. The zero-order chi connectivity index (χ0) is 16.6. The van der Waals surface area contributed by atoms with Crippen LogP contribution in [0.4, 0.5) is 0 Å². The maximum atomic E-state index is 11.0. The second kappa shape index (κ2) is 14.7. The minimum atomic E-state index is -0.111. The number of methoxy groups -OCH3 is 1. The summed E-state index contributed by atoms with van der Waals surface area (Å²) in [6, 6.07) is 0.456. The zero-order valence-electron chi connectivity index (χ0n) is 14.9. The van der Waals surface area contributed by atoms with Gasteiger partial charge >= 0.3 is 5.97 Å². The van der Waals surface area contributed by atoms with Crippen LogP contribution < -0.4 is 10.6 Å². The number of unbranched alkanes of at least 4 members (excludes halogenated alkanes) is 5. The van der Waals surface area contributed by atoms with E-state index in [9.17, 15) is 4.79 Å². The zero-order valence-corrected chi connectivity index (χ0v) is 14.9. The predicted molar refractivity (Wildman–Crippen MR) is 93.2 cm³/mol. The van der Waals surface area contributed by atoms with E-state index in [0.29, 0.717) is 12.5 Å². The molecule has 0 aromatic rings. The molecule has 0 radical (unpaired) electrons. The molecule has 0 heterocycles. The topological polar surface area (TPSA) is 62.7 Å². The van der Waals surface area contributed by atoms with Crippen molar-refractivity contribution < 1.29 is 9.53 Å². The first kappa shape index (κ1) is 20.7. The first-order valence-corrected chi connectivity index (χ1v) is 8.68. The molecule has 0 amide bonds. The van der Waals surface area contributed by atoms with Gasteiger partial charge in [-0.2, -0.15) is 0 Å². The molecule has 0 spiro atoms. The third-order valence-electron chi connectivity index (χ3n) is 3.68. The van der Waals surface area contributed by atoms with Crippen LogP contribution in [-0.4, -0.2) is 38.7 Å². The number of hydrogen-bond acceptors (Lipinski definition) is 3. The molecule has 0 saturated carbocycles. The fourth-order valence-corrected chi connectivity index (χ4v) is 2.26. The van der Waals surface area contributed by atoms with Crippen LogP contribution in [-0.2, 0) is 9.53 Å². The Hall–Kier alpha value is -1.26. The van der Waals surface area contributed by atoms with Gasteiger partial charge in [-0.25, -0.2) is 0 Å². The molecule has 0 aliphatic carbocycles. The normalized spacial score (nSPS) is 12.8. The minimum Gasteiger partial charge on any atom is -0.469 e. The van der Waals surface area contributed by atoms with E-state index in [4.69, 9.17) is 0 Å². The first-order chi connectivity index (χ1) is 10.6. The summed E-state index contributed by atoms with van der Waals surface area (Å²) < 4.78 is 4.62. The molecular formula is C17H35N3O2. The van der Waals surface area contributed by atoms with Gasteiger partial charge in [-0.15, -0.1) is 0 Å². The Labute approximate surface area is 136 Å². The molecule has 0 aliphatic rings. The number of aliphatic imine (C=N–C) groups is 1. The Bertz CT molecular complexity index is 306. The Balaban J connectivity index is 3.59. The summed E-state index contributed by atoms with van der Waals surface area (Å²) in [7, 11) is 3.25. The lowest BCUT2D eigenvalue weighted by atomic mass is 10.1. The van der Waals surface area contributed by atoms with Gasteiger partial charge in [0.15, 0.2) is 5.96 Å². The smallest absolute Gasteiger partial charge is 0.305 e. The molecule has 0 rings (SSSR count). The number of rotatable bonds is 12. The SMILES string of the molecule is CCCCCC(C)NC(=NC)NCCCCCCC(=O)OC. The number of ether oxygens (including phenoxy) is 1. The van der Waals surface area contributed by atoms with Crippen LogP contribution in [0, 0.1) is 0 Å². The standard InChI is InChI=1S/C17H35N3O2/c1-5-6-9-12-15(2)20-17(18-3)19-14-11-8-7-10-13-16(21)22-4/h15H,5-14H2,1-4H3,(H2,18,19,20). The molecule has 2 N–H and O–H groups in total. The van der Waals surface area contributed by atoms with E-state index in [-0.39, 0.29) is 5.97 Å². The number of carbonyl (C=O) groups excluding carboxylic acids is 1. The Morgan fingerprint density at radius 3 is 2.50 bits per heavy atom. The van der Waals surface area contributed by atoms with Crippen LogP contribution in [0.5, 0.6) is 0 Å². The third kappa shape index (κ3) is 12.5. The Kier molecular flexibility index (Phi) is 13.8. The van der Waals surface area contributed by atoms with Gasteiger partial charge in [-0.05, 0) is 26.2 Å². The van der Waals surface area contributed by atoms with Crippen molar-refractivity contribution in [2.45, 2.75) is 77.7 Å². The fourth-order valence-electron chi connectivity index (χ4n) is 2.26. The average molecular weight is 313 g/mol. The van der Waals surface area contributed by atoms with E-state index < -0.39 is 0 Å². The van der Waals surface area contributed by atoms with Gasteiger partial charge < -0.3 is 15.4 Å². The molecular weight excluding hydrogens is 278 g/mol. The van der Waals surface area contributed by atoms with Crippen molar-refractivity contribution in [3.05, 3.63) is 0 Å². The predicted octanol–water partition coefficient (Wildman–Crippen LogP) is 3.24. The third-order valence-corrected chi connectivity index (χ3v) is 3.68. The highest BCUT2D eigenvalue weighted by atomic mass is 16.5. The molecule has 0 saturated heterocycles. The second-order valence-electron chi connectivity index (χ2n) is 5.78. The van der Waals surface area contributed by atoms with Crippen molar-refractivity contribution in [1.29, 1.82) is 0 Å². The second-order valence-corrected chi connectivity index (χ2v) is 5.78. The number of esters is 1. The molecule has 5 nitrogen and oxygen atoms in total. The van der Waals surface area contributed by atoms with E-state index in [1.165, 1.54) is 32.8 Å². The summed E-state index contributed by atoms with van der Waals surface area (Å²) in [5.74, 6) is 0.776. The largest absolute Gasteiger partial charge is 0.469 e. The van der Waals surface area contributed by atoms with Gasteiger partial charge in [0.25, 0.3) is 0 Å². The summed E-state index contributed by atoms with van der Waals surface area (Å²) in [6.45, 7) is 5.35. The lowest BCUT2D eigenvalue weighted by Gasteiger charge is -2.17. The molecule has 130 valence electrons. The van der Waals surface area contributed by atoms with Crippen LogP contribution >= 0.6 is 0 Å². The molecule has 1 unspecified atom stereocenters. The maximum absolute atomic E-state index is 11.0. The summed E-state index contributed by atoms with van der Waals surface area (Å²) in [5, 5.41) is 6.78. The van der Waals surface area contributed by atoms with E-state index in [1.54, 1.807) is 0 Å². The molecule has 0 bridgehead atoms. The van der Waals surface area contributed by atoms with Gasteiger partial charge in [0, 0.05) is 26.1 Å². The minimum absolute atomic E-state index is 0.111. The quantitative estimate of drug-likeness (QED) is 0.251. The summed E-state index contributed by atoms with van der Waals surface area (Å²) in [4.78, 5) is 15.2. The highest BCUT2D eigenvalue weighted by Gasteiger charge is 2.04. The fraction of sp³-hybridized carbons (Fsp3) is 0.882. The molecule has 22 heavy (non-hydrogen) atoms. The number of carbonyl (C=O) groups is 1. The molecule has 5 heteroatoms. The van der Waals surface area contributed by atoms with E-state index in [0.717, 1.165) is 38.2 Å². The Morgan fingerprint density at radius 2 is 1.86 bits per heavy atom. The van der Waals surface area contributed by atoms with Crippen LogP contribution in [0.25, 0.3) is 0 Å². The van der Waals surface area contributed by atoms with Gasteiger partial charge in [0.1, 0.15) is 0 Å². The van der Waals surface area contributed by atoms with Gasteiger partial charge in [0.2, 0.25) is 0 Å². The summed E-state index contributed by atoms with van der Waals surface area (Å²) >= 11 is 0. The molecule has 1 atom stereocenters. The van der Waals surface area contributed by atoms with Crippen molar-refractivity contribution in [2.75, 3.05) is 20.7 Å². The summed E-state index contributed by atoms with van der Waals surface area (Å²) in [5.41, 5.74) is 0. The highest BCUT2D eigenvalue weighted by molar-refractivity contribution is 5.79. The monoisotopic (exact) mass is 313 g/mol. The Morgan fingerprint density at radius 1 is 1.14 bits per heavy atom. The van der Waals surface area contributed by atoms with E-state index >= 15 is 0 Å². The van der Waals surface area contributed by atoms with Crippen LogP contribution in [0.2, 0.25) is 0 Å². The van der Waals surface area contributed by atoms with Gasteiger partial charge in [-0.1, -0.05) is 39.0 Å². The van der Waals surface area contributed by atoms with Crippen molar-refractivity contribution in [3.8, 4) is 0 Å². The average Bonchev–Trinajstić information content (AvgIpc) is 2.52. The van der Waals surface area contributed by atoms with E-state index in [1.807, 2.05) is 7.05 Å². The van der Waals surface area contributed by atoms with Crippen LogP contribution in [0.15, 0.2) is 4.99 Å². The molecule has 0 fully saturated rings. The van der Waals surface area contributed by atoms with E-state index in [2.05, 4.69) is 34.2 Å². The maximum Gasteiger partial charge on any atom is 0.305 e. The van der Waals surface area contributed by atoms with Gasteiger partial charge in [0.05, 0.1) is 7.11 Å². The number of nitrogens with one attached hydrogen (secondary N) is 2. The number of hydrogen-bond donors (Lipinski definition) is 2. The molecule has 0 aliphatic heterocycles. The van der Waals surface area contributed by atoms with Gasteiger partial charge in [-0.3, -0.25) is 9.79 Å². The number of guanidine groups is 1. The lowest BCUT2D eigenvalue weighted by molar-refractivity contribution is -0.140. The molecule has 0 aromatic heterocycles. The van der Waals surface area contributed by atoms with Crippen molar-refractivity contribution in [3.63, 3.8) is 0 Å². The van der Waals surface area contributed by atoms with Crippen molar-refractivity contribution in [2.24, 2.45) is 4.99 Å². The van der Waals surface area contributed by atoms with Crippen molar-refractivity contribution in [1.82, 2.24) is 10.6 Å². The lowest BCUT2D eigenvalue weighted by Crippen LogP contribution is -2.42. The highest BCUT2D eigenvalue weighted by Crippen LogP contribution is 2.04. The van der Waals surface area contributed by atoms with Crippen molar-refractivity contribution >= 4 is 11.9 Å². The van der Waals surface area contributed by atoms with Crippen LogP contribution in [0.1, 0.15) is 71.6 Å².